The van der Waals surface area contributed by atoms with Gasteiger partial charge in [0.1, 0.15) is 0 Å². The Kier molecular flexibility index (Phi) is 6.11. The minimum atomic E-state index is 0.640. The van der Waals surface area contributed by atoms with E-state index in [1.807, 2.05) is 36.4 Å². The molecule has 0 amide bonds. The van der Waals surface area contributed by atoms with Crippen molar-refractivity contribution in [2.24, 2.45) is 19.8 Å². The Bertz CT molecular complexity index is 758. The van der Waals surface area contributed by atoms with Crippen LogP contribution in [0.3, 0.4) is 0 Å². The molecular weight excluding hydrogens is 453 g/mol. The molecule has 0 aliphatic carbocycles. The quantitative estimate of drug-likeness (QED) is 0.608. The van der Waals surface area contributed by atoms with Gasteiger partial charge in [0.15, 0.2) is 0 Å². The van der Waals surface area contributed by atoms with Crippen LogP contribution < -0.4 is 5.73 Å². The molecule has 0 fully saturated rings. The van der Waals surface area contributed by atoms with E-state index in [0.29, 0.717) is 6.54 Å². The number of nitrogens with two attached hydrogens (primary N) is 1. The molecule has 22 heavy (non-hydrogen) atoms. The molecule has 0 aliphatic rings. The summed E-state index contributed by atoms with van der Waals surface area (Å²) in [7, 11) is 4.15. The van der Waals surface area contributed by atoms with Crippen molar-refractivity contribution in [2.45, 2.75) is 6.54 Å². The Balaban J connectivity index is 0.000000188. The molecule has 3 nitrogen and oxygen atoms in total. The van der Waals surface area contributed by atoms with Crippen LogP contribution in [0, 0.1) is 3.80 Å². The van der Waals surface area contributed by atoms with Gasteiger partial charge in [0.05, 0.1) is 0 Å². The molecular formula is C18H21N3Pt. The second-order valence-corrected chi connectivity index (χ2v) is 6.00. The Morgan fingerprint density at radius 3 is 1.86 bits per heavy atom. The van der Waals surface area contributed by atoms with Crippen LogP contribution in [-0.2, 0) is 40.0 Å². The van der Waals surface area contributed by atoms with Crippen molar-refractivity contribution in [3.63, 3.8) is 0 Å². The molecule has 118 valence electrons. The van der Waals surface area contributed by atoms with E-state index in [1.54, 1.807) is 0 Å². The summed E-state index contributed by atoms with van der Waals surface area (Å²) in [6, 6.07) is 20.4. The molecule has 2 N–H and O–H groups in total. The summed E-state index contributed by atoms with van der Waals surface area (Å²) in [6.45, 7) is 0.640. The molecule has 0 aliphatic heterocycles. The number of imidazole rings is 1. The summed E-state index contributed by atoms with van der Waals surface area (Å²) in [5.74, 6) is 0. The van der Waals surface area contributed by atoms with E-state index in [1.165, 1.54) is 20.6 Å². The largest absolute Gasteiger partial charge is 0.326 e. The molecule has 3 aromatic rings. The third-order valence-corrected chi connectivity index (χ3v) is 4.91. The smallest absolute Gasteiger partial charge is 0.0178 e. The Morgan fingerprint density at radius 1 is 0.909 bits per heavy atom. The number of hydrogen-bond acceptors (Lipinski definition) is 1. The molecule has 0 saturated heterocycles. The molecule has 0 bridgehead atoms. The Hall–Kier alpha value is -1.70. The fourth-order valence-corrected chi connectivity index (χ4v) is 2.56. The van der Waals surface area contributed by atoms with Crippen molar-refractivity contribution in [1.29, 1.82) is 0 Å². The first kappa shape index (κ1) is 16.7. The first-order valence-corrected chi connectivity index (χ1v) is 8.24. The third kappa shape index (κ3) is 4.16. The zero-order chi connectivity index (χ0) is 15.9. The monoisotopic (exact) mass is 474 g/mol. The second-order valence-electron chi connectivity index (χ2n) is 4.98. The number of aryl methyl sites for hydroxylation is 1. The molecule has 1 aromatic heterocycles. The molecule has 1 heterocycles. The van der Waals surface area contributed by atoms with Crippen LogP contribution in [0.15, 0.2) is 66.9 Å². The van der Waals surface area contributed by atoms with E-state index in [4.69, 9.17) is 5.73 Å². The van der Waals surface area contributed by atoms with E-state index < -0.39 is 0 Å². The van der Waals surface area contributed by atoms with Crippen molar-refractivity contribution < 1.29 is 19.4 Å². The first-order chi connectivity index (χ1) is 10.6. The van der Waals surface area contributed by atoms with Crippen LogP contribution in [0.2, 0.25) is 0 Å². The van der Waals surface area contributed by atoms with Crippen LogP contribution in [0.5, 0.6) is 0 Å². The maximum atomic E-state index is 5.35. The first-order valence-electron chi connectivity index (χ1n) is 7.10. The summed E-state index contributed by atoms with van der Waals surface area (Å²) in [4.78, 5) is 0. The van der Waals surface area contributed by atoms with Crippen molar-refractivity contribution in [3.8, 4) is 11.3 Å². The van der Waals surface area contributed by atoms with Gasteiger partial charge in [0.25, 0.3) is 0 Å². The molecule has 3 rings (SSSR count). The van der Waals surface area contributed by atoms with Gasteiger partial charge in [-0.3, -0.25) is 0 Å². The summed E-state index contributed by atoms with van der Waals surface area (Å²) < 4.78 is 5.55. The predicted molar refractivity (Wildman–Crippen MR) is 87.4 cm³/mol. The topological polar surface area (TPSA) is 35.9 Å². The molecule has 0 saturated carbocycles. The van der Waals surface area contributed by atoms with Crippen molar-refractivity contribution in [3.05, 3.63) is 76.2 Å². The fourth-order valence-electron chi connectivity index (χ4n) is 2.14. The van der Waals surface area contributed by atoms with Gasteiger partial charge in [0.2, 0.25) is 0 Å². The van der Waals surface area contributed by atoms with Gasteiger partial charge in [-0.25, -0.2) is 0 Å². The Morgan fingerprint density at radius 2 is 1.45 bits per heavy atom. The number of rotatable bonds is 2. The molecule has 0 spiro atoms. The van der Waals surface area contributed by atoms with Crippen LogP contribution >= 0.6 is 0 Å². The fraction of sp³-hybridized carbons (Fsp3) is 0.167. The van der Waals surface area contributed by atoms with E-state index >= 15 is 0 Å². The maximum Gasteiger partial charge on any atom is 0.0178 e. The van der Waals surface area contributed by atoms with E-state index in [2.05, 4.69) is 73.0 Å². The molecule has 4 heteroatoms. The zero-order valence-corrected chi connectivity index (χ0v) is 15.1. The minimum Gasteiger partial charge on any atom is -0.326 e. The van der Waals surface area contributed by atoms with Crippen LogP contribution in [0.4, 0.5) is 0 Å². The average molecular weight is 474 g/mol. The number of aromatic nitrogens is 2. The van der Waals surface area contributed by atoms with Crippen LogP contribution in [0.25, 0.3) is 11.3 Å². The van der Waals surface area contributed by atoms with Crippen LogP contribution in [-0.4, -0.2) is 9.13 Å². The minimum absolute atomic E-state index is 0.640. The normalized spacial score (nSPS) is 10.0. The molecule has 0 unspecified atom stereocenters. The van der Waals surface area contributed by atoms with E-state index in [0.717, 1.165) is 0 Å². The number of hydrogen-bond donors (Lipinski definition) is 1. The van der Waals surface area contributed by atoms with Gasteiger partial charge in [-0.05, 0) is 5.56 Å². The van der Waals surface area contributed by atoms with Gasteiger partial charge in [-0.15, -0.1) is 0 Å². The zero-order valence-electron chi connectivity index (χ0n) is 12.8. The summed E-state index contributed by atoms with van der Waals surface area (Å²) in [5.41, 5.74) is 9.04. The van der Waals surface area contributed by atoms with Gasteiger partial charge in [-0.2, -0.15) is 0 Å². The number of benzene rings is 2. The standard InChI is InChI=1S/C11H12N2.C7H9N.Pt/c1-12-8-11(13(2)9-12)10-6-4-3-5-7-10;8-6-7-4-2-1-3-5-7;/h3-8H,1-2H3;1-5H,6,8H2;. The second kappa shape index (κ2) is 8.07. The van der Waals surface area contributed by atoms with Gasteiger partial charge in [0, 0.05) is 6.54 Å². The summed E-state index contributed by atoms with van der Waals surface area (Å²) in [5, 5.41) is 0. The molecule has 0 radical (unpaired) electrons. The van der Waals surface area contributed by atoms with Gasteiger partial charge >= 0.3 is 94.2 Å². The third-order valence-electron chi connectivity index (χ3n) is 3.35. The van der Waals surface area contributed by atoms with Crippen LogP contribution in [0.1, 0.15) is 5.56 Å². The summed E-state index contributed by atoms with van der Waals surface area (Å²) >= 11 is 2.33. The predicted octanol–water partition coefficient (Wildman–Crippen LogP) is 3.25. The van der Waals surface area contributed by atoms with E-state index in [-0.39, 0.29) is 0 Å². The molecule has 0 atom stereocenters. The van der Waals surface area contributed by atoms with Crippen molar-refractivity contribution >= 4 is 0 Å². The maximum absolute atomic E-state index is 5.35. The SMILES string of the molecule is Cn1cc(-c2ccccc2)n(C)[c]1=[Pt].NCc1ccccc1. The summed E-state index contributed by atoms with van der Waals surface area (Å²) in [6.07, 6.45) is 2.15. The van der Waals surface area contributed by atoms with E-state index in [9.17, 15) is 0 Å². The molecule has 2 aromatic carbocycles. The number of nitrogens with zero attached hydrogens (tertiary/aromatic N) is 2. The Labute approximate surface area is 142 Å². The van der Waals surface area contributed by atoms with Gasteiger partial charge in [-0.1, -0.05) is 30.3 Å². The van der Waals surface area contributed by atoms with Gasteiger partial charge < -0.3 is 5.73 Å². The van der Waals surface area contributed by atoms with Crippen molar-refractivity contribution in [2.75, 3.05) is 0 Å². The van der Waals surface area contributed by atoms with Crippen molar-refractivity contribution in [1.82, 2.24) is 9.13 Å². The average Bonchev–Trinajstić information content (AvgIpc) is 2.84.